The molecule has 9 nitrogen and oxygen atoms in total. The van der Waals surface area contributed by atoms with E-state index in [1.165, 1.54) is 6.33 Å². The standard InChI is InChI=1S/C20H16N8O/c1-11-2-3-14-13(8-26-28-14)19(11)29-16-7-12(27-17-9-22-4-5-23-17)6-15-18(16)20(21)25-10-24-15/h2-10H,1H3,(H,23,27)(H,26,28)(H2,21,24,25). The fourth-order valence-electron chi connectivity index (χ4n) is 3.19. The number of aromatic amines is 1. The molecule has 0 bridgehead atoms. The Kier molecular flexibility index (Phi) is 3.91. The molecule has 0 aliphatic heterocycles. The molecule has 0 aliphatic carbocycles. The summed E-state index contributed by atoms with van der Waals surface area (Å²) in [5.74, 6) is 2.17. The lowest BCUT2D eigenvalue weighted by Gasteiger charge is -2.15. The zero-order chi connectivity index (χ0) is 19.8. The number of nitrogens with one attached hydrogen (secondary N) is 2. The fraction of sp³-hybridized carbons (Fsp3) is 0.0500. The Balaban J connectivity index is 1.67. The van der Waals surface area contributed by atoms with Crippen molar-refractivity contribution in [2.75, 3.05) is 11.1 Å². The molecule has 0 spiro atoms. The van der Waals surface area contributed by atoms with Gasteiger partial charge in [-0.1, -0.05) is 6.07 Å². The maximum Gasteiger partial charge on any atom is 0.148 e. The highest BCUT2D eigenvalue weighted by molar-refractivity contribution is 5.97. The molecule has 5 rings (SSSR count). The summed E-state index contributed by atoms with van der Waals surface area (Å²) >= 11 is 0. The Morgan fingerprint density at radius 2 is 2.00 bits per heavy atom. The average molecular weight is 384 g/mol. The van der Waals surface area contributed by atoms with E-state index in [4.69, 9.17) is 10.5 Å². The van der Waals surface area contributed by atoms with Gasteiger partial charge < -0.3 is 15.8 Å². The molecular formula is C20H16N8O. The van der Waals surface area contributed by atoms with Crippen LogP contribution in [0.5, 0.6) is 11.5 Å². The second-order valence-corrected chi connectivity index (χ2v) is 6.49. The van der Waals surface area contributed by atoms with Crippen LogP contribution < -0.4 is 15.8 Å². The minimum atomic E-state index is 0.341. The van der Waals surface area contributed by atoms with Gasteiger partial charge in [0.2, 0.25) is 0 Å². The van der Waals surface area contributed by atoms with Crippen LogP contribution in [0.4, 0.5) is 17.3 Å². The van der Waals surface area contributed by atoms with Crippen molar-refractivity contribution in [3.63, 3.8) is 0 Å². The normalized spacial score (nSPS) is 11.1. The van der Waals surface area contributed by atoms with Gasteiger partial charge in [-0.15, -0.1) is 0 Å². The Labute approximate surface area is 165 Å². The van der Waals surface area contributed by atoms with Gasteiger partial charge in [-0.05, 0) is 24.6 Å². The first-order valence-electron chi connectivity index (χ1n) is 8.87. The van der Waals surface area contributed by atoms with E-state index in [1.807, 2.05) is 31.2 Å². The highest BCUT2D eigenvalue weighted by Crippen LogP contribution is 2.39. The van der Waals surface area contributed by atoms with Crippen LogP contribution in [-0.4, -0.2) is 30.1 Å². The van der Waals surface area contributed by atoms with Crippen LogP contribution in [-0.2, 0) is 0 Å². The van der Waals surface area contributed by atoms with Gasteiger partial charge in [0, 0.05) is 24.1 Å². The summed E-state index contributed by atoms with van der Waals surface area (Å²) in [5, 5.41) is 11.8. The highest BCUT2D eigenvalue weighted by atomic mass is 16.5. The summed E-state index contributed by atoms with van der Waals surface area (Å²) in [6, 6.07) is 7.64. The smallest absolute Gasteiger partial charge is 0.148 e. The predicted octanol–water partition coefficient (Wildman–Crippen LogP) is 3.72. The van der Waals surface area contributed by atoms with E-state index in [0.717, 1.165) is 22.2 Å². The number of nitrogen functional groups attached to an aromatic ring is 1. The third-order valence-corrected chi connectivity index (χ3v) is 4.55. The van der Waals surface area contributed by atoms with Crippen LogP contribution in [0, 0.1) is 6.92 Å². The summed E-state index contributed by atoms with van der Waals surface area (Å²) in [5.41, 5.74) is 9.39. The van der Waals surface area contributed by atoms with Crippen LogP contribution in [0.2, 0.25) is 0 Å². The van der Waals surface area contributed by atoms with E-state index >= 15 is 0 Å². The van der Waals surface area contributed by atoms with Gasteiger partial charge in [0.25, 0.3) is 0 Å². The van der Waals surface area contributed by atoms with E-state index in [0.29, 0.717) is 34.0 Å². The number of anilines is 3. The molecule has 2 aromatic carbocycles. The first-order chi connectivity index (χ1) is 14.2. The van der Waals surface area contributed by atoms with Crippen molar-refractivity contribution < 1.29 is 4.74 Å². The van der Waals surface area contributed by atoms with Crippen molar-refractivity contribution in [2.45, 2.75) is 6.92 Å². The van der Waals surface area contributed by atoms with E-state index in [1.54, 1.807) is 24.8 Å². The van der Waals surface area contributed by atoms with Gasteiger partial charge in [0.1, 0.15) is 29.5 Å². The quantitative estimate of drug-likeness (QED) is 0.428. The molecule has 0 saturated heterocycles. The van der Waals surface area contributed by atoms with E-state index in [9.17, 15) is 0 Å². The van der Waals surface area contributed by atoms with Gasteiger partial charge in [-0.25, -0.2) is 15.0 Å². The number of nitrogens with two attached hydrogens (primary N) is 1. The highest BCUT2D eigenvalue weighted by Gasteiger charge is 2.15. The minimum Gasteiger partial charge on any atom is -0.455 e. The molecular weight excluding hydrogens is 368 g/mol. The maximum atomic E-state index is 6.36. The number of rotatable bonds is 4. The second kappa shape index (κ2) is 6.71. The van der Waals surface area contributed by atoms with Gasteiger partial charge in [-0.2, -0.15) is 5.10 Å². The number of hydrogen-bond acceptors (Lipinski definition) is 8. The Morgan fingerprint density at radius 1 is 1.07 bits per heavy atom. The minimum absolute atomic E-state index is 0.341. The average Bonchev–Trinajstić information content (AvgIpc) is 3.20. The third-order valence-electron chi connectivity index (χ3n) is 4.55. The van der Waals surface area contributed by atoms with Crippen molar-refractivity contribution in [1.29, 1.82) is 0 Å². The Hall–Kier alpha value is -4.27. The van der Waals surface area contributed by atoms with Crippen LogP contribution >= 0.6 is 0 Å². The van der Waals surface area contributed by atoms with E-state index < -0.39 is 0 Å². The molecule has 0 saturated carbocycles. The summed E-state index contributed by atoms with van der Waals surface area (Å²) in [6.45, 7) is 1.98. The molecule has 4 N–H and O–H groups in total. The molecule has 0 atom stereocenters. The topological polar surface area (TPSA) is 128 Å². The molecule has 0 fully saturated rings. The number of ether oxygens (including phenoxy) is 1. The van der Waals surface area contributed by atoms with Crippen LogP contribution in [0.15, 0.2) is 55.4 Å². The van der Waals surface area contributed by atoms with Crippen LogP contribution in [0.25, 0.3) is 21.8 Å². The SMILES string of the molecule is Cc1ccc2[nH]ncc2c1Oc1cc(Nc2cnccn2)cc2ncnc(N)c12. The zero-order valence-corrected chi connectivity index (χ0v) is 15.4. The number of benzene rings is 2. The number of nitrogens with zero attached hydrogens (tertiary/aromatic N) is 5. The molecule has 0 amide bonds. The number of H-pyrrole nitrogens is 1. The number of hydrogen-bond donors (Lipinski definition) is 3. The van der Waals surface area contributed by atoms with Gasteiger partial charge in [-0.3, -0.25) is 10.1 Å². The molecule has 142 valence electrons. The van der Waals surface area contributed by atoms with Crippen molar-refractivity contribution >= 4 is 39.1 Å². The molecule has 5 aromatic rings. The summed E-state index contributed by atoms with van der Waals surface area (Å²) in [4.78, 5) is 16.8. The summed E-state index contributed by atoms with van der Waals surface area (Å²) < 4.78 is 6.36. The van der Waals surface area contributed by atoms with Gasteiger partial charge in [0.05, 0.1) is 34.2 Å². The lowest BCUT2D eigenvalue weighted by atomic mass is 10.1. The number of fused-ring (bicyclic) bond motifs is 2. The molecule has 3 heterocycles. The van der Waals surface area contributed by atoms with Crippen molar-refractivity contribution in [3.8, 4) is 11.5 Å². The zero-order valence-electron chi connectivity index (χ0n) is 15.4. The fourth-order valence-corrected chi connectivity index (χ4v) is 3.19. The van der Waals surface area contributed by atoms with Crippen molar-refractivity contribution in [1.82, 2.24) is 30.1 Å². The summed E-state index contributed by atoms with van der Waals surface area (Å²) in [7, 11) is 0. The van der Waals surface area contributed by atoms with Crippen molar-refractivity contribution in [2.24, 2.45) is 0 Å². The van der Waals surface area contributed by atoms with Crippen molar-refractivity contribution in [3.05, 3.63) is 60.9 Å². The van der Waals surface area contributed by atoms with Crippen LogP contribution in [0.1, 0.15) is 5.56 Å². The molecule has 0 aliphatic rings. The van der Waals surface area contributed by atoms with Gasteiger partial charge >= 0.3 is 0 Å². The predicted molar refractivity (Wildman–Crippen MR) is 110 cm³/mol. The molecule has 3 aromatic heterocycles. The largest absolute Gasteiger partial charge is 0.455 e. The van der Waals surface area contributed by atoms with Gasteiger partial charge in [0.15, 0.2) is 0 Å². The first kappa shape index (κ1) is 16.9. The number of aryl methyl sites for hydroxylation is 1. The summed E-state index contributed by atoms with van der Waals surface area (Å²) in [6.07, 6.45) is 8.03. The lowest BCUT2D eigenvalue weighted by Crippen LogP contribution is -1.99. The monoisotopic (exact) mass is 384 g/mol. The Bertz CT molecular complexity index is 1330. The molecule has 0 unspecified atom stereocenters. The lowest BCUT2D eigenvalue weighted by molar-refractivity contribution is 0.490. The number of aromatic nitrogens is 6. The third kappa shape index (κ3) is 3.04. The second-order valence-electron chi connectivity index (χ2n) is 6.49. The maximum absolute atomic E-state index is 6.36. The van der Waals surface area contributed by atoms with E-state index in [-0.39, 0.29) is 0 Å². The first-order valence-corrected chi connectivity index (χ1v) is 8.87. The molecule has 29 heavy (non-hydrogen) atoms. The Morgan fingerprint density at radius 3 is 2.86 bits per heavy atom. The van der Waals surface area contributed by atoms with E-state index in [2.05, 4.69) is 35.5 Å². The molecule has 0 radical (unpaired) electrons. The van der Waals surface area contributed by atoms with Crippen LogP contribution in [0.3, 0.4) is 0 Å². The molecule has 9 heteroatoms.